The summed E-state index contributed by atoms with van der Waals surface area (Å²) in [5.74, 6) is 1.67. The Kier molecular flexibility index (Phi) is 5.21. The van der Waals surface area contributed by atoms with Crippen molar-refractivity contribution >= 4 is 11.8 Å². The van der Waals surface area contributed by atoms with Crippen LogP contribution in [0.4, 0.5) is 10.5 Å². The Morgan fingerprint density at radius 3 is 2.48 bits per heavy atom. The predicted molar refractivity (Wildman–Crippen MR) is 82.9 cm³/mol. The van der Waals surface area contributed by atoms with Gasteiger partial charge in [0.1, 0.15) is 11.5 Å². The molecule has 2 aromatic carbocycles. The average molecular weight is 285 g/mol. The highest BCUT2D eigenvalue weighted by Crippen LogP contribution is 2.18. The molecule has 4 heteroatoms. The second-order valence-electron chi connectivity index (χ2n) is 5.06. The maximum atomic E-state index is 11.8. The number of rotatable bonds is 5. The third-order valence-electron chi connectivity index (χ3n) is 2.62. The molecule has 0 saturated carbocycles. The summed E-state index contributed by atoms with van der Waals surface area (Å²) in [5, 5.41) is 2.68. The smallest absolute Gasteiger partial charge is 0.417 e. The summed E-state index contributed by atoms with van der Waals surface area (Å²) in [5.41, 5.74) is 0.636. The molecule has 0 spiro atoms. The summed E-state index contributed by atoms with van der Waals surface area (Å²) in [6, 6.07) is 16.2. The van der Waals surface area contributed by atoms with E-state index in [2.05, 4.69) is 19.2 Å². The van der Waals surface area contributed by atoms with Gasteiger partial charge in [-0.05, 0) is 30.2 Å². The Hall–Kier alpha value is -2.49. The van der Waals surface area contributed by atoms with Crippen molar-refractivity contribution < 1.29 is 14.3 Å². The molecule has 2 aromatic rings. The zero-order valence-electron chi connectivity index (χ0n) is 12.2. The first-order valence-corrected chi connectivity index (χ1v) is 6.90. The fourth-order valence-electron chi connectivity index (χ4n) is 1.67. The van der Waals surface area contributed by atoms with E-state index in [1.54, 1.807) is 24.3 Å². The number of hydrogen-bond acceptors (Lipinski definition) is 3. The lowest BCUT2D eigenvalue weighted by molar-refractivity contribution is 0.215. The zero-order chi connectivity index (χ0) is 15.1. The molecule has 1 amide bonds. The fourth-order valence-corrected chi connectivity index (χ4v) is 1.67. The number of amides is 1. The number of hydrogen-bond donors (Lipinski definition) is 1. The van der Waals surface area contributed by atoms with Crippen LogP contribution in [0.2, 0.25) is 0 Å². The van der Waals surface area contributed by atoms with Gasteiger partial charge in [-0.1, -0.05) is 38.1 Å². The van der Waals surface area contributed by atoms with Crippen LogP contribution < -0.4 is 14.8 Å². The van der Waals surface area contributed by atoms with Gasteiger partial charge >= 0.3 is 6.09 Å². The molecule has 21 heavy (non-hydrogen) atoms. The third-order valence-corrected chi connectivity index (χ3v) is 2.62. The largest absolute Gasteiger partial charge is 0.493 e. The van der Waals surface area contributed by atoms with Gasteiger partial charge in [-0.3, -0.25) is 5.32 Å². The van der Waals surface area contributed by atoms with E-state index in [4.69, 9.17) is 9.47 Å². The molecule has 110 valence electrons. The number of ether oxygens (including phenoxy) is 2. The Balaban J connectivity index is 1.93. The van der Waals surface area contributed by atoms with Crippen LogP contribution in [-0.2, 0) is 0 Å². The highest BCUT2D eigenvalue weighted by molar-refractivity contribution is 5.86. The van der Waals surface area contributed by atoms with Crippen molar-refractivity contribution in [1.82, 2.24) is 0 Å². The van der Waals surface area contributed by atoms with Crippen molar-refractivity contribution in [3.63, 3.8) is 0 Å². The van der Waals surface area contributed by atoms with Crippen molar-refractivity contribution in [2.24, 2.45) is 5.92 Å². The molecule has 0 radical (unpaired) electrons. The summed E-state index contributed by atoms with van der Waals surface area (Å²) in [6.07, 6.45) is -0.526. The normalized spacial score (nSPS) is 10.2. The lowest BCUT2D eigenvalue weighted by Crippen LogP contribution is -2.16. The van der Waals surface area contributed by atoms with Crippen LogP contribution in [-0.4, -0.2) is 12.7 Å². The number of para-hydroxylation sites is 1. The van der Waals surface area contributed by atoms with Gasteiger partial charge in [-0.15, -0.1) is 0 Å². The molecule has 0 atom stereocenters. The third kappa shape index (κ3) is 5.18. The predicted octanol–water partition coefficient (Wildman–Crippen LogP) is 4.33. The Labute approximate surface area is 124 Å². The molecule has 0 aliphatic heterocycles. The minimum absolute atomic E-state index is 0.449. The topological polar surface area (TPSA) is 47.6 Å². The van der Waals surface area contributed by atoms with Crippen LogP contribution in [0.25, 0.3) is 0 Å². The van der Waals surface area contributed by atoms with Crippen LogP contribution in [0.5, 0.6) is 11.5 Å². The van der Waals surface area contributed by atoms with Gasteiger partial charge in [0.05, 0.1) is 6.61 Å². The van der Waals surface area contributed by atoms with E-state index in [-0.39, 0.29) is 0 Å². The maximum Gasteiger partial charge on any atom is 0.417 e. The minimum Gasteiger partial charge on any atom is -0.493 e. The van der Waals surface area contributed by atoms with Gasteiger partial charge in [-0.2, -0.15) is 0 Å². The van der Waals surface area contributed by atoms with E-state index in [0.29, 0.717) is 24.0 Å². The SMILES string of the molecule is CC(C)COc1cccc(NC(=O)Oc2ccccc2)c1. The van der Waals surface area contributed by atoms with E-state index in [1.165, 1.54) is 0 Å². The second-order valence-corrected chi connectivity index (χ2v) is 5.06. The Morgan fingerprint density at radius 2 is 1.76 bits per heavy atom. The van der Waals surface area contributed by atoms with Crippen LogP contribution in [0, 0.1) is 5.92 Å². The highest BCUT2D eigenvalue weighted by atomic mass is 16.6. The first-order chi connectivity index (χ1) is 10.1. The molecule has 2 rings (SSSR count). The van der Waals surface area contributed by atoms with Gasteiger partial charge < -0.3 is 9.47 Å². The number of carbonyl (C=O) groups excluding carboxylic acids is 1. The maximum absolute atomic E-state index is 11.8. The van der Waals surface area contributed by atoms with E-state index in [9.17, 15) is 4.79 Å². The summed E-state index contributed by atoms with van der Waals surface area (Å²) in [7, 11) is 0. The van der Waals surface area contributed by atoms with E-state index in [0.717, 1.165) is 5.75 Å². The van der Waals surface area contributed by atoms with E-state index >= 15 is 0 Å². The van der Waals surface area contributed by atoms with Gasteiger partial charge in [0, 0.05) is 11.8 Å². The van der Waals surface area contributed by atoms with E-state index < -0.39 is 6.09 Å². The van der Waals surface area contributed by atoms with Crippen molar-refractivity contribution in [2.75, 3.05) is 11.9 Å². The minimum atomic E-state index is -0.526. The molecule has 4 nitrogen and oxygen atoms in total. The quantitative estimate of drug-likeness (QED) is 0.889. The molecule has 0 fully saturated rings. The summed E-state index contributed by atoms with van der Waals surface area (Å²) >= 11 is 0. The van der Waals surface area contributed by atoms with Crippen molar-refractivity contribution in [2.45, 2.75) is 13.8 Å². The molecular weight excluding hydrogens is 266 g/mol. The number of benzene rings is 2. The second kappa shape index (κ2) is 7.33. The van der Waals surface area contributed by atoms with E-state index in [1.807, 2.05) is 30.3 Å². The monoisotopic (exact) mass is 285 g/mol. The Morgan fingerprint density at radius 1 is 1.05 bits per heavy atom. The van der Waals surface area contributed by atoms with Crippen LogP contribution in [0.15, 0.2) is 54.6 Å². The molecule has 0 aromatic heterocycles. The van der Waals surface area contributed by atoms with Crippen molar-refractivity contribution in [1.29, 1.82) is 0 Å². The lowest BCUT2D eigenvalue weighted by Gasteiger charge is -2.10. The molecule has 0 aliphatic carbocycles. The van der Waals surface area contributed by atoms with Crippen molar-refractivity contribution in [3.8, 4) is 11.5 Å². The molecule has 0 aliphatic rings. The van der Waals surface area contributed by atoms with Gasteiger partial charge in [0.2, 0.25) is 0 Å². The highest BCUT2D eigenvalue weighted by Gasteiger charge is 2.06. The summed E-state index contributed by atoms with van der Waals surface area (Å²) in [4.78, 5) is 11.8. The Bertz CT molecular complexity index is 582. The first kappa shape index (κ1) is 14.9. The number of nitrogens with one attached hydrogen (secondary N) is 1. The molecule has 0 heterocycles. The standard InChI is InChI=1S/C17H19NO3/c1-13(2)12-20-16-10-6-7-14(11-16)18-17(19)21-15-8-4-3-5-9-15/h3-11,13H,12H2,1-2H3,(H,18,19). The number of anilines is 1. The molecule has 0 saturated heterocycles. The molecular formula is C17H19NO3. The van der Waals surface area contributed by atoms with Crippen molar-refractivity contribution in [3.05, 3.63) is 54.6 Å². The molecule has 0 unspecified atom stereocenters. The average Bonchev–Trinajstić information content (AvgIpc) is 2.46. The van der Waals surface area contributed by atoms with Gasteiger partial charge in [-0.25, -0.2) is 4.79 Å². The number of carbonyl (C=O) groups is 1. The van der Waals surface area contributed by atoms with Crippen LogP contribution >= 0.6 is 0 Å². The molecule has 1 N–H and O–H groups in total. The van der Waals surface area contributed by atoms with Crippen LogP contribution in [0.3, 0.4) is 0 Å². The summed E-state index contributed by atoms with van der Waals surface area (Å²) < 4.78 is 10.8. The van der Waals surface area contributed by atoms with Crippen LogP contribution in [0.1, 0.15) is 13.8 Å². The van der Waals surface area contributed by atoms with Gasteiger partial charge in [0.25, 0.3) is 0 Å². The first-order valence-electron chi connectivity index (χ1n) is 6.90. The molecule has 0 bridgehead atoms. The fraction of sp³-hybridized carbons (Fsp3) is 0.235. The zero-order valence-corrected chi connectivity index (χ0v) is 12.2. The van der Waals surface area contributed by atoms with Gasteiger partial charge in [0.15, 0.2) is 0 Å². The summed E-state index contributed by atoms with van der Waals surface area (Å²) in [6.45, 7) is 4.80. The lowest BCUT2D eigenvalue weighted by atomic mass is 10.2.